The van der Waals surface area contributed by atoms with E-state index in [0.717, 1.165) is 49.8 Å². The molecule has 1 aliphatic heterocycles. The van der Waals surface area contributed by atoms with E-state index < -0.39 is 0 Å². The third kappa shape index (κ3) is 4.73. The third-order valence-electron chi connectivity index (χ3n) is 4.18. The van der Waals surface area contributed by atoms with Crippen LogP contribution >= 0.6 is 0 Å². The first-order chi connectivity index (χ1) is 12.3. The van der Waals surface area contributed by atoms with Gasteiger partial charge in [-0.2, -0.15) is 0 Å². The number of nitrogens with one attached hydrogen (secondary N) is 2. The molecule has 0 radical (unpaired) electrons. The van der Waals surface area contributed by atoms with Crippen molar-refractivity contribution in [2.24, 2.45) is 0 Å². The van der Waals surface area contributed by atoms with Crippen molar-refractivity contribution in [2.75, 3.05) is 41.8 Å². The maximum atomic E-state index is 11.7. The summed E-state index contributed by atoms with van der Waals surface area (Å²) in [5.74, 6) is 0.0564. The largest absolute Gasteiger partial charge is 0.378 e. The van der Waals surface area contributed by atoms with Gasteiger partial charge in [-0.25, -0.2) is 0 Å². The zero-order valence-corrected chi connectivity index (χ0v) is 14.6. The number of morpholine rings is 1. The van der Waals surface area contributed by atoms with E-state index in [-0.39, 0.29) is 5.91 Å². The minimum Gasteiger partial charge on any atom is -0.378 e. The second-order valence-corrected chi connectivity index (χ2v) is 6.12. The molecule has 3 rings (SSSR count). The van der Waals surface area contributed by atoms with Gasteiger partial charge in [-0.1, -0.05) is 19.1 Å². The highest BCUT2D eigenvalue weighted by Gasteiger charge is 2.14. The van der Waals surface area contributed by atoms with Gasteiger partial charge >= 0.3 is 0 Å². The van der Waals surface area contributed by atoms with E-state index in [1.54, 1.807) is 0 Å². The molecule has 1 amide bonds. The molecule has 1 saturated heterocycles. The van der Waals surface area contributed by atoms with E-state index in [1.165, 1.54) is 5.69 Å². The molecule has 2 aromatic carbocycles. The summed E-state index contributed by atoms with van der Waals surface area (Å²) in [7, 11) is 0. The Kier molecular flexibility index (Phi) is 5.90. The topological polar surface area (TPSA) is 53.6 Å². The maximum Gasteiger partial charge on any atom is 0.224 e. The Morgan fingerprint density at radius 3 is 2.44 bits per heavy atom. The molecule has 0 saturated carbocycles. The number of nitrogens with zero attached hydrogens (tertiary/aromatic N) is 1. The molecular formula is C20H25N3O2. The number of rotatable bonds is 6. The normalized spacial score (nSPS) is 14.2. The van der Waals surface area contributed by atoms with Gasteiger partial charge in [-0.3, -0.25) is 4.79 Å². The van der Waals surface area contributed by atoms with Crippen LogP contribution in [0.15, 0.2) is 48.5 Å². The SMILES string of the molecule is CCCC(=O)Nc1ccc(Nc2ccccc2N2CCOCC2)cc1. The van der Waals surface area contributed by atoms with Crippen LogP contribution in [0.4, 0.5) is 22.7 Å². The van der Waals surface area contributed by atoms with Gasteiger partial charge in [0.15, 0.2) is 0 Å². The van der Waals surface area contributed by atoms with Crippen molar-refractivity contribution < 1.29 is 9.53 Å². The highest BCUT2D eigenvalue weighted by Crippen LogP contribution is 2.29. The Morgan fingerprint density at radius 2 is 1.72 bits per heavy atom. The summed E-state index contributed by atoms with van der Waals surface area (Å²) in [6.45, 7) is 5.33. The molecule has 132 valence electrons. The van der Waals surface area contributed by atoms with Gasteiger partial charge in [0.25, 0.3) is 0 Å². The van der Waals surface area contributed by atoms with Gasteiger partial charge in [-0.15, -0.1) is 0 Å². The van der Waals surface area contributed by atoms with Crippen molar-refractivity contribution >= 4 is 28.7 Å². The lowest BCUT2D eigenvalue weighted by Crippen LogP contribution is -2.36. The van der Waals surface area contributed by atoms with Crippen LogP contribution in [-0.4, -0.2) is 32.2 Å². The van der Waals surface area contributed by atoms with E-state index in [0.29, 0.717) is 6.42 Å². The fourth-order valence-electron chi connectivity index (χ4n) is 2.90. The molecule has 5 heteroatoms. The van der Waals surface area contributed by atoms with Crippen LogP contribution in [-0.2, 0) is 9.53 Å². The lowest BCUT2D eigenvalue weighted by atomic mass is 10.2. The first-order valence-electron chi connectivity index (χ1n) is 8.85. The molecular weight excluding hydrogens is 314 g/mol. The van der Waals surface area contributed by atoms with Crippen molar-refractivity contribution in [2.45, 2.75) is 19.8 Å². The van der Waals surface area contributed by atoms with Gasteiger partial charge in [0, 0.05) is 30.9 Å². The summed E-state index contributed by atoms with van der Waals surface area (Å²) in [5, 5.41) is 6.39. The lowest BCUT2D eigenvalue weighted by Gasteiger charge is -2.30. The predicted octanol–water partition coefficient (Wildman–Crippen LogP) is 4.01. The third-order valence-corrected chi connectivity index (χ3v) is 4.18. The number of benzene rings is 2. The Hall–Kier alpha value is -2.53. The van der Waals surface area contributed by atoms with Crippen LogP contribution in [0.1, 0.15) is 19.8 Å². The molecule has 25 heavy (non-hydrogen) atoms. The average Bonchev–Trinajstić information content (AvgIpc) is 2.65. The van der Waals surface area contributed by atoms with E-state index in [2.05, 4.69) is 33.7 Å². The van der Waals surface area contributed by atoms with E-state index >= 15 is 0 Å². The van der Waals surface area contributed by atoms with Crippen LogP contribution in [0.2, 0.25) is 0 Å². The Labute approximate surface area is 149 Å². The van der Waals surface area contributed by atoms with Gasteiger partial charge in [0.2, 0.25) is 5.91 Å². The van der Waals surface area contributed by atoms with Crippen molar-refractivity contribution in [1.29, 1.82) is 0 Å². The van der Waals surface area contributed by atoms with Gasteiger partial charge in [-0.05, 0) is 42.8 Å². The van der Waals surface area contributed by atoms with Gasteiger partial charge < -0.3 is 20.3 Å². The van der Waals surface area contributed by atoms with Crippen LogP contribution in [0.3, 0.4) is 0 Å². The number of hydrogen-bond acceptors (Lipinski definition) is 4. The molecule has 0 spiro atoms. The van der Waals surface area contributed by atoms with E-state index in [4.69, 9.17) is 4.74 Å². The van der Waals surface area contributed by atoms with E-state index in [9.17, 15) is 4.79 Å². The summed E-state index contributed by atoms with van der Waals surface area (Å²) in [6.07, 6.45) is 1.40. The predicted molar refractivity (Wildman–Crippen MR) is 103 cm³/mol. The first kappa shape index (κ1) is 17.3. The maximum absolute atomic E-state index is 11.7. The number of para-hydroxylation sites is 2. The highest BCUT2D eigenvalue weighted by atomic mass is 16.5. The minimum atomic E-state index is 0.0564. The molecule has 2 aromatic rings. The summed E-state index contributed by atoms with van der Waals surface area (Å²) < 4.78 is 5.44. The molecule has 2 N–H and O–H groups in total. The molecule has 5 nitrogen and oxygen atoms in total. The Balaban J connectivity index is 1.69. The summed E-state index contributed by atoms with van der Waals surface area (Å²) in [5.41, 5.74) is 4.08. The summed E-state index contributed by atoms with van der Waals surface area (Å²) in [4.78, 5) is 14.0. The van der Waals surface area contributed by atoms with Crippen LogP contribution < -0.4 is 15.5 Å². The molecule has 1 fully saturated rings. The molecule has 0 aliphatic carbocycles. The number of anilines is 4. The lowest BCUT2D eigenvalue weighted by molar-refractivity contribution is -0.116. The number of carbonyl (C=O) groups excluding carboxylic acids is 1. The van der Waals surface area contributed by atoms with E-state index in [1.807, 2.05) is 37.3 Å². The zero-order valence-electron chi connectivity index (χ0n) is 14.6. The van der Waals surface area contributed by atoms with Crippen LogP contribution in [0, 0.1) is 0 Å². The fourth-order valence-corrected chi connectivity index (χ4v) is 2.90. The monoisotopic (exact) mass is 339 g/mol. The summed E-state index contributed by atoms with van der Waals surface area (Å²) >= 11 is 0. The van der Waals surface area contributed by atoms with Gasteiger partial charge in [0.1, 0.15) is 0 Å². The van der Waals surface area contributed by atoms with Gasteiger partial charge in [0.05, 0.1) is 24.6 Å². The van der Waals surface area contributed by atoms with Crippen LogP contribution in [0.25, 0.3) is 0 Å². The zero-order chi connectivity index (χ0) is 17.5. The molecule has 1 heterocycles. The number of ether oxygens (including phenoxy) is 1. The number of carbonyl (C=O) groups is 1. The highest BCUT2D eigenvalue weighted by molar-refractivity contribution is 5.91. The van der Waals surface area contributed by atoms with Crippen molar-refractivity contribution in [3.8, 4) is 0 Å². The molecule has 0 unspecified atom stereocenters. The Bertz CT molecular complexity index is 694. The minimum absolute atomic E-state index is 0.0564. The average molecular weight is 339 g/mol. The van der Waals surface area contributed by atoms with Crippen molar-refractivity contribution in [3.05, 3.63) is 48.5 Å². The van der Waals surface area contributed by atoms with Crippen molar-refractivity contribution in [1.82, 2.24) is 0 Å². The summed E-state index contributed by atoms with van der Waals surface area (Å²) in [6, 6.07) is 16.1. The second kappa shape index (κ2) is 8.53. The number of hydrogen-bond donors (Lipinski definition) is 2. The van der Waals surface area contributed by atoms with Crippen LogP contribution in [0.5, 0.6) is 0 Å². The first-order valence-corrected chi connectivity index (χ1v) is 8.85. The molecule has 0 atom stereocenters. The molecule has 0 bridgehead atoms. The smallest absolute Gasteiger partial charge is 0.224 e. The molecule has 1 aliphatic rings. The fraction of sp³-hybridized carbons (Fsp3) is 0.350. The Morgan fingerprint density at radius 1 is 1.04 bits per heavy atom. The quantitative estimate of drug-likeness (QED) is 0.835. The molecule has 0 aromatic heterocycles. The van der Waals surface area contributed by atoms with Crippen molar-refractivity contribution in [3.63, 3.8) is 0 Å². The number of amides is 1. The standard InChI is InChI=1S/C20H25N3O2/c1-2-5-20(24)22-17-10-8-16(9-11-17)21-18-6-3-4-7-19(18)23-12-14-25-15-13-23/h3-4,6-11,21H,2,5,12-15H2,1H3,(H,22,24). The second-order valence-electron chi connectivity index (χ2n) is 6.12.